The number of aryl methyl sites for hydroxylation is 2. The van der Waals surface area contributed by atoms with Gasteiger partial charge >= 0.3 is 0 Å². The van der Waals surface area contributed by atoms with Crippen LogP contribution in [0.3, 0.4) is 0 Å². The Labute approximate surface area is 155 Å². The van der Waals surface area contributed by atoms with E-state index in [2.05, 4.69) is 22.0 Å². The predicted octanol–water partition coefficient (Wildman–Crippen LogP) is 2.36. The third kappa shape index (κ3) is 3.82. The standard InChI is InChI=1S/C18H26N4O3S/c1-4-21(12-16-7-9-19-10-8-16)17-6-5-11-22(13-17)26(23,24)18-14(2)20-25-15(18)3/h7-10,17H,4-6,11-13H2,1-3H3/t17-/m1/s1. The van der Waals surface area contributed by atoms with Crippen LogP contribution in [0.5, 0.6) is 0 Å². The molecule has 1 aliphatic heterocycles. The summed E-state index contributed by atoms with van der Waals surface area (Å²) in [6.45, 7) is 8.13. The zero-order chi connectivity index (χ0) is 18.7. The summed E-state index contributed by atoms with van der Waals surface area (Å²) in [5, 5.41) is 3.81. The number of hydrogen-bond acceptors (Lipinski definition) is 6. The van der Waals surface area contributed by atoms with Crippen LogP contribution in [-0.2, 0) is 16.6 Å². The second-order valence-corrected chi connectivity index (χ2v) is 8.61. The Morgan fingerprint density at radius 2 is 2.04 bits per heavy atom. The van der Waals surface area contributed by atoms with Crippen molar-refractivity contribution in [2.24, 2.45) is 0 Å². The molecule has 7 nitrogen and oxygen atoms in total. The van der Waals surface area contributed by atoms with Crippen molar-refractivity contribution in [2.45, 2.75) is 51.1 Å². The third-order valence-corrected chi connectivity index (χ3v) is 7.09. The van der Waals surface area contributed by atoms with Gasteiger partial charge in [-0.1, -0.05) is 12.1 Å². The summed E-state index contributed by atoms with van der Waals surface area (Å²) in [7, 11) is -3.59. The summed E-state index contributed by atoms with van der Waals surface area (Å²) in [5.41, 5.74) is 1.61. The number of piperidine rings is 1. The van der Waals surface area contributed by atoms with Gasteiger partial charge in [-0.2, -0.15) is 4.31 Å². The minimum atomic E-state index is -3.59. The molecule has 0 spiro atoms. The van der Waals surface area contributed by atoms with Crippen LogP contribution in [0.15, 0.2) is 33.9 Å². The summed E-state index contributed by atoms with van der Waals surface area (Å²) in [5.74, 6) is 0.355. The minimum Gasteiger partial charge on any atom is -0.360 e. The Morgan fingerprint density at radius 3 is 2.65 bits per heavy atom. The van der Waals surface area contributed by atoms with Crippen LogP contribution in [0, 0.1) is 13.8 Å². The Kier molecular flexibility index (Phi) is 5.74. The Bertz CT molecular complexity index is 816. The molecular formula is C18H26N4O3S. The van der Waals surface area contributed by atoms with Gasteiger partial charge < -0.3 is 4.52 Å². The number of hydrogen-bond donors (Lipinski definition) is 0. The Hall–Kier alpha value is -1.77. The van der Waals surface area contributed by atoms with Gasteiger partial charge in [-0.05, 0) is 50.9 Å². The van der Waals surface area contributed by atoms with Crippen molar-refractivity contribution in [1.29, 1.82) is 0 Å². The van der Waals surface area contributed by atoms with Crippen molar-refractivity contribution >= 4 is 10.0 Å². The highest BCUT2D eigenvalue weighted by Crippen LogP contribution is 2.27. The molecule has 2 aromatic heterocycles. The van der Waals surface area contributed by atoms with Crippen molar-refractivity contribution in [3.05, 3.63) is 41.5 Å². The highest BCUT2D eigenvalue weighted by atomic mass is 32.2. The van der Waals surface area contributed by atoms with Crippen molar-refractivity contribution in [3.63, 3.8) is 0 Å². The average Bonchev–Trinajstić information content (AvgIpc) is 2.99. The molecule has 1 atom stereocenters. The van der Waals surface area contributed by atoms with E-state index >= 15 is 0 Å². The zero-order valence-electron chi connectivity index (χ0n) is 15.6. The van der Waals surface area contributed by atoms with E-state index in [1.165, 1.54) is 5.56 Å². The molecule has 1 saturated heterocycles. The molecule has 0 radical (unpaired) electrons. The molecule has 0 N–H and O–H groups in total. The molecule has 3 rings (SSSR count). The summed E-state index contributed by atoms with van der Waals surface area (Å²) >= 11 is 0. The zero-order valence-corrected chi connectivity index (χ0v) is 16.4. The smallest absolute Gasteiger partial charge is 0.248 e. The molecule has 0 aliphatic carbocycles. The number of sulfonamides is 1. The van der Waals surface area contributed by atoms with Gasteiger partial charge in [0, 0.05) is 38.1 Å². The largest absolute Gasteiger partial charge is 0.360 e. The van der Waals surface area contributed by atoms with Gasteiger partial charge in [-0.3, -0.25) is 9.88 Å². The van der Waals surface area contributed by atoms with Crippen LogP contribution in [-0.4, -0.2) is 53.4 Å². The lowest BCUT2D eigenvalue weighted by Gasteiger charge is -2.38. The van der Waals surface area contributed by atoms with Gasteiger partial charge in [0.05, 0.1) is 0 Å². The molecule has 0 bridgehead atoms. The second-order valence-electron chi connectivity index (χ2n) is 6.73. The molecule has 26 heavy (non-hydrogen) atoms. The van der Waals surface area contributed by atoms with E-state index in [9.17, 15) is 8.42 Å². The van der Waals surface area contributed by atoms with E-state index in [0.717, 1.165) is 25.9 Å². The third-order valence-electron chi connectivity index (χ3n) is 4.98. The lowest BCUT2D eigenvalue weighted by molar-refractivity contribution is 0.134. The number of likely N-dealkylation sites (N-methyl/N-ethyl adjacent to an activating group) is 1. The lowest BCUT2D eigenvalue weighted by atomic mass is 10.1. The summed E-state index contributed by atoms with van der Waals surface area (Å²) < 4.78 is 32.9. The second kappa shape index (κ2) is 7.85. The molecule has 0 amide bonds. The molecule has 142 valence electrons. The van der Waals surface area contributed by atoms with Gasteiger partial charge in [0.1, 0.15) is 10.6 Å². The highest BCUT2D eigenvalue weighted by Gasteiger charge is 2.35. The molecule has 0 unspecified atom stereocenters. The molecule has 0 aromatic carbocycles. The molecule has 8 heteroatoms. The maximum Gasteiger partial charge on any atom is 0.248 e. The first-order valence-corrected chi connectivity index (χ1v) is 10.4. The van der Waals surface area contributed by atoms with Crippen LogP contribution in [0.1, 0.15) is 36.8 Å². The first-order valence-electron chi connectivity index (χ1n) is 8.99. The van der Waals surface area contributed by atoms with Crippen molar-refractivity contribution in [2.75, 3.05) is 19.6 Å². The molecule has 2 aromatic rings. The van der Waals surface area contributed by atoms with Crippen LogP contribution in [0.25, 0.3) is 0 Å². The fraction of sp³-hybridized carbons (Fsp3) is 0.556. The summed E-state index contributed by atoms with van der Waals surface area (Å²) in [6, 6.07) is 4.20. The van der Waals surface area contributed by atoms with Crippen molar-refractivity contribution in [1.82, 2.24) is 19.3 Å². The lowest BCUT2D eigenvalue weighted by Crippen LogP contribution is -2.49. The highest BCUT2D eigenvalue weighted by molar-refractivity contribution is 7.89. The Balaban J connectivity index is 1.78. The van der Waals surface area contributed by atoms with E-state index in [-0.39, 0.29) is 10.9 Å². The van der Waals surface area contributed by atoms with Crippen molar-refractivity contribution < 1.29 is 12.9 Å². The SMILES string of the molecule is CCN(Cc1ccncc1)[C@@H]1CCCN(S(=O)(=O)c2c(C)noc2C)C1. The maximum atomic E-state index is 13.1. The first-order chi connectivity index (χ1) is 12.4. The maximum absolute atomic E-state index is 13.1. The van der Waals surface area contributed by atoms with E-state index in [0.29, 0.717) is 24.5 Å². The van der Waals surface area contributed by atoms with Gasteiger partial charge in [0.2, 0.25) is 10.0 Å². The fourth-order valence-corrected chi connectivity index (χ4v) is 5.44. The Morgan fingerprint density at radius 1 is 1.31 bits per heavy atom. The molecule has 1 aliphatic rings. The number of nitrogens with zero attached hydrogens (tertiary/aromatic N) is 4. The van der Waals surface area contributed by atoms with Gasteiger partial charge in [-0.25, -0.2) is 8.42 Å². The quantitative estimate of drug-likeness (QED) is 0.768. The molecule has 1 fully saturated rings. The van der Waals surface area contributed by atoms with Crippen LogP contribution in [0.4, 0.5) is 0 Å². The molecular weight excluding hydrogens is 352 g/mol. The van der Waals surface area contributed by atoms with Crippen LogP contribution < -0.4 is 0 Å². The minimum absolute atomic E-state index is 0.192. The topological polar surface area (TPSA) is 79.5 Å². The van der Waals surface area contributed by atoms with Crippen LogP contribution in [0.2, 0.25) is 0 Å². The van der Waals surface area contributed by atoms with E-state index in [4.69, 9.17) is 4.52 Å². The van der Waals surface area contributed by atoms with Gasteiger partial charge in [0.15, 0.2) is 5.76 Å². The van der Waals surface area contributed by atoms with E-state index in [1.807, 2.05) is 12.1 Å². The monoisotopic (exact) mass is 378 g/mol. The summed E-state index contributed by atoms with van der Waals surface area (Å²) in [6.07, 6.45) is 5.42. The molecule has 0 saturated carbocycles. The van der Waals surface area contributed by atoms with E-state index in [1.54, 1.807) is 30.5 Å². The van der Waals surface area contributed by atoms with Crippen LogP contribution >= 0.6 is 0 Å². The van der Waals surface area contributed by atoms with Gasteiger partial charge in [-0.15, -0.1) is 0 Å². The predicted molar refractivity (Wildman–Crippen MR) is 98.1 cm³/mol. The number of aromatic nitrogens is 2. The summed E-state index contributed by atoms with van der Waals surface area (Å²) in [4.78, 5) is 6.61. The molecule has 3 heterocycles. The average molecular weight is 378 g/mol. The number of pyridine rings is 1. The first kappa shape index (κ1) is 19.0. The fourth-order valence-electron chi connectivity index (χ4n) is 3.63. The number of rotatable bonds is 6. The van der Waals surface area contributed by atoms with Gasteiger partial charge in [0.25, 0.3) is 0 Å². The van der Waals surface area contributed by atoms with E-state index < -0.39 is 10.0 Å². The normalized spacial score (nSPS) is 19.2. The van der Waals surface area contributed by atoms with Crippen molar-refractivity contribution in [3.8, 4) is 0 Å².